The van der Waals surface area contributed by atoms with Crippen molar-refractivity contribution in [2.24, 2.45) is 10.9 Å². The molecular weight excluding hydrogens is 414 g/mol. The normalized spacial score (nSPS) is 17.0. The van der Waals surface area contributed by atoms with Crippen LogP contribution < -0.4 is 4.80 Å². The Morgan fingerprint density at radius 3 is 2.59 bits per heavy atom. The largest absolute Gasteiger partial charge is 0.465 e. The van der Waals surface area contributed by atoms with Gasteiger partial charge in [-0.05, 0) is 44.4 Å². The number of esters is 1. The topological polar surface area (TPSA) is 98.0 Å². The molecule has 8 nitrogen and oxygen atoms in total. The second-order valence-electron chi connectivity index (χ2n) is 7.13. The number of aromatic nitrogens is 1. The summed E-state index contributed by atoms with van der Waals surface area (Å²) in [5, 5.41) is 0. The highest BCUT2D eigenvalue weighted by Crippen LogP contribution is 2.22. The van der Waals surface area contributed by atoms with Crippen LogP contribution in [0.5, 0.6) is 0 Å². The van der Waals surface area contributed by atoms with Gasteiger partial charge >= 0.3 is 5.97 Å². The van der Waals surface area contributed by atoms with Crippen LogP contribution in [0.4, 0.5) is 0 Å². The highest BCUT2D eigenvalue weighted by molar-refractivity contribution is 7.88. The molecule has 1 fully saturated rings. The quantitative estimate of drug-likeness (QED) is 0.660. The summed E-state index contributed by atoms with van der Waals surface area (Å²) in [5.74, 6) is -0.988. The van der Waals surface area contributed by atoms with Gasteiger partial charge in [0.15, 0.2) is 4.80 Å². The minimum atomic E-state index is -3.24. The Kier molecular flexibility index (Phi) is 6.55. The van der Waals surface area contributed by atoms with Crippen molar-refractivity contribution in [3.8, 4) is 0 Å². The molecule has 1 aliphatic rings. The second-order valence-corrected chi connectivity index (χ2v) is 10.1. The zero-order valence-electron chi connectivity index (χ0n) is 16.8. The first-order chi connectivity index (χ1) is 13.7. The van der Waals surface area contributed by atoms with E-state index in [1.54, 1.807) is 11.5 Å². The predicted octanol–water partition coefficient (Wildman–Crippen LogP) is 1.67. The number of sulfonamides is 1. The lowest BCUT2D eigenvalue weighted by atomic mass is 9.98. The van der Waals surface area contributed by atoms with E-state index in [0.29, 0.717) is 30.7 Å². The van der Waals surface area contributed by atoms with E-state index in [1.807, 2.05) is 25.1 Å². The molecule has 0 N–H and O–H groups in total. The van der Waals surface area contributed by atoms with Crippen molar-refractivity contribution in [2.45, 2.75) is 33.2 Å². The van der Waals surface area contributed by atoms with Gasteiger partial charge in [0, 0.05) is 19.0 Å². The van der Waals surface area contributed by atoms with Crippen LogP contribution in [-0.2, 0) is 30.9 Å². The molecule has 0 aliphatic carbocycles. The Balaban J connectivity index is 1.90. The summed E-state index contributed by atoms with van der Waals surface area (Å²) < 4.78 is 32.4. The minimum absolute atomic E-state index is 0.0183. The van der Waals surface area contributed by atoms with Crippen molar-refractivity contribution in [1.29, 1.82) is 0 Å². The average molecular weight is 440 g/mol. The van der Waals surface area contributed by atoms with Gasteiger partial charge in [-0.25, -0.2) is 12.7 Å². The van der Waals surface area contributed by atoms with Crippen LogP contribution in [0.15, 0.2) is 23.2 Å². The molecule has 3 rings (SSSR count). The molecule has 2 aromatic rings. The number of amides is 1. The molecule has 10 heteroatoms. The smallest absolute Gasteiger partial charge is 0.326 e. The second kappa shape index (κ2) is 8.76. The van der Waals surface area contributed by atoms with Gasteiger partial charge in [0.1, 0.15) is 6.54 Å². The molecule has 158 valence electrons. The van der Waals surface area contributed by atoms with Crippen LogP contribution in [-0.4, -0.2) is 55.1 Å². The summed E-state index contributed by atoms with van der Waals surface area (Å²) in [5.41, 5.74) is 1.90. The number of nitrogens with zero attached hydrogens (tertiary/aromatic N) is 3. The van der Waals surface area contributed by atoms with Crippen LogP contribution in [0.3, 0.4) is 0 Å². The number of ether oxygens (including phenoxy) is 1. The Bertz CT molecular complexity index is 1090. The van der Waals surface area contributed by atoms with Crippen molar-refractivity contribution >= 4 is 43.5 Å². The summed E-state index contributed by atoms with van der Waals surface area (Å²) in [6.45, 7) is 4.63. The summed E-state index contributed by atoms with van der Waals surface area (Å²) in [6, 6.07) is 5.85. The lowest BCUT2D eigenvalue weighted by molar-refractivity contribution is -0.143. The first-order valence-electron chi connectivity index (χ1n) is 9.48. The van der Waals surface area contributed by atoms with E-state index in [0.717, 1.165) is 15.8 Å². The molecule has 1 amide bonds. The van der Waals surface area contributed by atoms with Crippen molar-refractivity contribution in [1.82, 2.24) is 8.87 Å². The number of hydrogen-bond donors (Lipinski definition) is 0. The van der Waals surface area contributed by atoms with Crippen LogP contribution in [0.2, 0.25) is 0 Å². The SMILES string of the molecule is CCOC(=O)Cn1c(=NC(=O)C2CCN(S(C)(=O)=O)CC2)sc2cc(C)ccc21. The Morgan fingerprint density at radius 2 is 1.97 bits per heavy atom. The number of aryl methyl sites for hydroxylation is 1. The summed E-state index contributed by atoms with van der Waals surface area (Å²) in [7, 11) is -3.24. The van der Waals surface area contributed by atoms with Crippen molar-refractivity contribution in [3.05, 3.63) is 28.6 Å². The van der Waals surface area contributed by atoms with Crippen LogP contribution in [0.1, 0.15) is 25.3 Å². The van der Waals surface area contributed by atoms with Crippen molar-refractivity contribution in [2.75, 3.05) is 26.0 Å². The van der Waals surface area contributed by atoms with E-state index in [2.05, 4.69) is 4.99 Å². The van der Waals surface area contributed by atoms with Crippen molar-refractivity contribution in [3.63, 3.8) is 0 Å². The van der Waals surface area contributed by atoms with Gasteiger partial charge in [-0.1, -0.05) is 17.4 Å². The molecule has 1 aromatic heterocycles. The van der Waals surface area contributed by atoms with Gasteiger partial charge in [-0.2, -0.15) is 4.99 Å². The molecule has 1 saturated heterocycles. The van der Waals surface area contributed by atoms with E-state index >= 15 is 0 Å². The van der Waals surface area contributed by atoms with Gasteiger partial charge in [0.2, 0.25) is 10.0 Å². The summed E-state index contributed by atoms with van der Waals surface area (Å²) in [6.07, 6.45) is 2.06. The van der Waals surface area contributed by atoms with Gasteiger partial charge < -0.3 is 9.30 Å². The van der Waals surface area contributed by atoms with Gasteiger partial charge in [0.05, 0.1) is 23.1 Å². The number of thiazole rings is 1. The highest BCUT2D eigenvalue weighted by atomic mass is 32.2. The first-order valence-corrected chi connectivity index (χ1v) is 12.1. The molecule has 29 heavy (non-hydrogen) atoms. The zero-order valence-corrected chi connectivity index (χ0v) is 18.4. The number of carbonyl (C=O) groups excluding carboxylic acids is 2. The molecule has 0 bridgehead atoms. The van der Waals surface area contributed by atoms with E-state index in [1.165, 1.54) is 21.9 Å². The molecule has 0 spiro atoms. The number of piperidine rings is 1. The summed E-state index contributed by atoms with van der Waals surface area (Å²) in [4.78, 5) is 29.6. The van der Waals surface area contributed by atoms with Gasteiger partial charge in [0.25, 0.3) is 5.91 Å². The Morgan fingerprint density at radius 1 is 1.28 bits per heavy atom. The molecule has 1 aromatic carbocycles. The molecule has 1 aliphatic heterocycles. The maximum Gasteiger partial charge on any atom is 0.326 e. The van der Waals surface area contributed by atoms with Gasteiger partial charge in [-0.3, -0.25) is 9.59 Å². The Hall–Kier alpha value is -2.04. The average Bonchev–Trinajstić information content (AvgIpc) is 2.97. The maximum absolute atomic E-state index is 12.8. The minimum Gasteiger partial charge on any atom is -0.465 e. The zero-order chi connectivity index (χ0) is 21.2. The predicted molar refractivity (Wildman–Crippen MR) is 111 cm³/mol. The third kappa shape index (κ3) is 5.12. The van der Waals surface area contributed by atoms with Crippen LogP contribution in [0.25, 0.3) is 10.2 Å². The number of carbonyl (C=O) groups is 2. The number of hydrogen-bond acceptors (Lipinski definition) is 6. The monoisotopic (exact) mass is 439 g/mol. The fourth-order valence-electron chi connectivity index (χ4n) is 3.37. The molecule has 0 atom stereocenters. The standard InChI is InChI=1S/C19H25N3O5S2/c1-4-27-17(23)12-22-15-6-5-13(2)11-16(15)28-19(22)20-18(24)14-7-9-21(10-8-14)29(3,25)26/h5-6,11,14H,4,7-10,12H2,1-3H3. The van der Waals surface area contributed by atoms with E-state index in [-0.39, 0.29) is 30.9 Å². The fraction of sp³-hybridized carbons (Fsp3) is 0.526. The Labute approximate surface area is 173 Å². The molecule has 0 unspecified atom stereocenters. The third-order valence-corrected chi connectivity index (χ3v) is 7.25. The number of rotatable bonds is 5. The lowest BCUT2D eigenvalue weighted by Crippen LogP contribution is -2.39. The fourth-order valence-corrected chi connectivity index (χ4v) is 5.38. The first kappa shape index (κ1) is 21.7. The van der Waals surface area contributed by atoms with E-state index in [9.17, 15) is 18.0 Å². The van der Waals surface area contributed by atoms with Gasteiger partial charge in [-0.15, -0.1) is 0 Å². The number of fused-ring (bicyclic) bond motifs is 1. The maximum atomic E-state index is 12.8. The molecule has 2 heterocycles. The highest BCUT2D eigenvalue weighted by Gasteiger charge is 2.29. The molecule has 0 saturated carbocycles. The van der Waals surface area contributed by atoms with Crippen LogP contribution in [0, 0.1) is 12.8 Å². The lowest BCUT2D eigenvalue weighted by Gasteiger charge is -2.28. The van der Waals surface area contributed by atoms with E-state index in [4.69, 9.17) is 4.74 Å². The molecular formula is C19H25N3O5S2. The van der Waals surface area contributed by atoms with Crippen molar-refractivity contribution < 1.29 is 22.7 Å². The molecule has 0 radical (unpaired) electrons. The summed E-state index contributed by atoms with van der Waals surface area (Å²) >= 11 is 1.36. The van der Waals surface area contributed by atoms with Crippen LogP contribution >= 0.6 is 11.3 Å². The third-order valence-electron chi connectivity index (χ3n) is 4.91. The van der Waals surface area contributed by atoms with E-state index < -0.39 is 10.0 Å². The number of benzene rings is 1.